The van der Waals surface area contributed by atoms with Crippen LogP contribution < -0.4 is 5.32 Å². The van der Waals surface area contributed by atoms with Gasteiger partial charge in [-0.25, -0.2) is 0 Å². The van der Waals surface area contributed by atoms with Crippen LogP contribution in [0.3, 0.4) is 0 Å². The SMILES string of the molecule is CNCCc1nnc(C2CCSC2)s1. The number of hydrogen-bond donors (Lipinski definition) is 1. The number of likely N-dealkylation sites (N-methyl/N-ethyl adjacent to an activating group) is 1. The van der Waals surface area contributed by atoms with E-state index >= 15 is 0 Å². The van der Waals surface area contributed by atoms with Crippen molar-refractivity contribution in [1.82, 2.24) is 15.5 Å². The van der Waals surface area contributed by atoms with E-state index in [0.29, 0.717) is 5.92 Å². The topological polar surface area (TPSA) is 37.8 Å². The molecule has 1 saturated heterocycles. The number of rotatable bonds is 4. The van der Waals surface area contributed by atoms with E-state index in [1.807, 2.05) is 18.8 Å². The summed E-state index contributed by atoms with van der Waals surface area (Å²) in [6.45, 7) is 0.994. The Morgan fingerprint density at radius 1 is 1.50 bits per heavy atom. The lowest BCUT2D eigenvalue weighted by atomic mass is 10.1. The smallest absolute Gasteiger partial charge is 0.121 e. The van der Waals surface area contributed by atoms with Crippen LogP contribution in [0.25, 0.3) is 0 Å². The summed E-state index contributed by atoms with van der Waals surface area (Å²) in [6.07, 6.45) is 2.29. The van der Waals surface area contributed by atoms with Gasteiger partial charge < -0.3 is 5.32 Å². The van der Waals surface area contributed by atoms with Crippen LogP contribution in [0.4, 0.5) is 0 Å². The molecule has 0 radical (unpaired) electrons. The summed E-state index contributed by atoms with van der Waals surface area (Å²) in [6, 6.07) is 0. The number of hydrogen-bond acceptors (Lipinski definition) is 5. The zero-order chi connectivity index (χ0) is 9.80. The van der Waals surface area contributed by atoms with Crippen LogP contribution in [0.5, 0.6) is 0 Å². The van der Waals surface area contributed by atoms with E-state index in [2.05, 4.69) is 15.5 Å². The molecule has 1 aromatic rings. The van der Waals surface area contributed by atoms with Crippen molar-refractivity contribution in [3.8, 4) is 0 Å². The van der Waals surface area contributed by atoms with Crippen molar-refractivity contribution in [2.24, 2.45) is 0 Å². The first-order valence-corrected chi connectivity index (χ1v) is 6.92. The van der Waals surface area contributed by atoms with E-state index in [1.165, 1.54) is 27.9 Å². The van der Waals surface area contributed by atoms with E-state index in [-0.39, 0.29) is 0 Å². The molecule has 3 nitrogen and oxygen atoms in total. The zero-order valence-electron chi connectivity index (χ0n) is 8.32. The molecule has 1 atom stereocenters. The Morgan fingerprint density at radius 3 is 3.14 bits per heavy atom. The van der Waals surface area contributed by atoms with Gasteiger partial charge in [0.1, 0.15) is 10.0 Å². The summed E-state index contributed by atoms with van der Waals surface area (Å²) in [5.41, 5.74) is 0. The van der Waals surface area contributed by atoms with Gasteiger partial charge in [0.15, 0.2) is 0 Å². The molecule has 0 amide bonds. The zero-order valence-corrected chi connectivity index (χ0v) is 9.96. The maximum atomic E-state index is 4.28. The molecule has 0 aliphatic carbocycles. The van der Waals surface area contributed by atoms with Gasteiger partial charge in [-0.1, -0.05) is 0 Å². The van der Waals surface area contributed by atoms with Gasteiger partial charge >= 0.3 is 0 Å². The maximum Gasteiger partial charge on any atom is 0.121 e. The van der Waals surface area contributed by atoms with Gasteiger partial charge in [0.2, 0.25) is 0 Å². The van der Waals surface area contributed by atoms with Crippen LogP contribution in [0.15, 0.2) is 0 Å². The van der Waals surface area contributed by atoms with Gasteiger partial charge in [-0.05, 0) is 19.2 Å². The molecular weight excluding hydrogens is 214 g/mol. The molecule has 0 bridgehead atoms. The quantitative estimate of drug-likeness (QED) is 0.849. The first-order valence-electron chi connectivity index (χ1n) is 4.95. The molecule has 1 aliphatic rings. The van der Waals surface area contributed by atoms with Crippen LogP contribution in [0.1, 0.15) is 22.4 Å². The summed E-state index contributed by atoms with van der Waals surface area (Å²) < 4.78 is 0. The highest BCUT2D eigenvalue weighted by Crippen LogP contribution is 2.33. The van der Waals surface area contributed by atoms with Crippen molar-refractivity contribution in [1.29, 1.82) is 0 Å². The fraction of sp³-hybridized carbons (Fsp3) is 0.778. The lowest BCUT2D eigenvalue weighted by Crippen LogP contribution is -2.09. The Labute approximate surface area is 92.7 Å². The molecule has 1 unspecified atom stereocenters. The van der Waals surface area contributed by atoms with E-state index < -0.39 is 0 Å². The average Bonchev–Trinajstić information content (AvgIpc) is 2.85. The predicted octanol–water partition coefficient (Wildman–Crippen LogP) is 1.52. The molecule has 14 heavy (non-hydrogen) atoms. The van der Waals surface area contributed by atoms with Gasteiger partial charge in [-0.3, -0.25) is 0 Å². The molecule has 5 heteroatoms. The average molecular weight is 229 g/mol. The number of nitrogens with zero attached hydrogens (tertiary/aromatic N) is 2. The lowest BCUT2D eigenvalue weighted by Gasteiger charge is -1.99. The first-order chi connectivity index (χ1) is 6.90. The number of nitrogens with one attached hydrogen (secondary N) is 1. The minimum Gasteiger partial charge on any atom is -0.319 e. The van der Waals surface area contributed by atoms with Gasteiger partial charge in [0.05, 0.1) is 0 Å². The highest BCUT2D eigenvalue weighted by Gasteiger charge is 2.21. The predicted molar refractivity (Wildman–Crippen MR) is 62.2 cm³/mol. The Kier molecular flexibility index (Phi) is 3.78. The Morgan fingerprint density at radius 2 is 2.43 bits per heavy atom. The standard InChI is InChI=1S/C9H15N3S2/c1-10-4-2-8-11-12-9(14-8)7-3-5-13-6-7/h7,10H,2-6H2,1H3. The Bertz CT molecular complexity index is 281. The molecule has 0 aromatic carbocycles. The van der Waals surface area contributed by atoms with E-state index in [1.54, 1.807) is 11.3 Å². The van der Waals surface area contributed by atoms with E-state index in [9.17, 15) is 0 Å². The van der Waals surface area contributed by atoms with Crippen molar-refractivity contribution < 1.29 is 0 Å². The molecule has 1 aliphatic heterocycles. The molecule has 2 rings (SSSR count). The molecule has 0 spiro atoms. The fourth-order valence-corrected chi connectivity index (χ4v) is 3.80. The van der Waals surface area contributed by atoms with Crippen LogP contribution in [-0.4, -0.2) is 35.3 Å². The molecule has 78 valence electrons. The number of aromatic nitrogens is 2. The van der Waals surface area contributed by atoms with Gasteiger partial charge in [-0.15, -0.1) is 21.5 Å². The first kappa shape index (κ1) is 10.4. The van der Waals surface area contributed by atoms with E-state index in [4.69, 9.17) is 0 Å². The largest absolute Gasteiger partial charge is 0.319 e. The lowest BCUT2D eigenvalue weighted by molar-refractivity contribution is 0.746. The van der Waals surface area contributed by atoms with Crippen molar-refractivity contribution in [3.63, 3.8) is 0 Å². The minimum absolute atomic E-state index is 0.681. The normalized spacial score (nSPS) is 21.6. The molecule has 1 fully saturated rings. The second kappa shape index (κ2) is 5.09. The monoisotopic (exact) mass is 229 g/mol. The summed E-state index contributed by atoms with van der Waals surface area (Å²) in [5.74, 6) is 3.21. The van der Waals surface area contributed by atoms with Crippen LogP contribution >= 0.6 is 23.1 Å². The third-order valence-electron chi connectivity index (χ3n) is 2.35. The summed E-state index contributed by atoms with van der Waals surface area (Å²) in [4.78, 5) is 0. The number of thioether (sulfide) groups is 1. The van der Waals surface area contributed by atoms with Crippen molar-refractivity contribution >= 4 is 23.1 Å². The summed E-state index contributed by atoms with van der Waals surface area (Å²) in [5, 5.41) is 14.0. The maximum absolute atomic E-state index is 4.28. The minimum atomic E-state index is 0.681. The molecule has 1 N–H and O–H groups in total. The molecular formula is C9H15N3S2. The van der Waals surface area contributed by atoms with Gasteiger partial charge in [-0.2, -0.15) is 11.8 Å². The van der Waals surface area contributed by atoms with E-state index in [0.717, 1.165) is 13.0 Å². The van der Waals surface area contributed by atoms with Crippen LogP contribution in [-0.2, 0) is 6.42 Å². The van der Waals surface area contributed by atoms with Gasteiger partial charge in [0, 0.05) is 24.6 Å². The third kappa shape index (κ3) is 2.46. The fourth-order valence-electron chi connectivity index (χ4n) is 1.49. The highest BCUT2D eigenvalue weighted by molar-refractivity contribution is 7.99. The third-order valence-corrected chi connectivity index (χ3v) is 4.66. The van der Waals surface area contributed by atoms with Crippen molar-refractivity contribution in [2.75, 3.05) is 25.1 Å². The molecule has 1 aromatic heterocycles. The van der Waals surface area contributed by atoms with Gasteiger partial charge in [0.25, 0.3) is 0 Å². The molecule has 2 heterocycles. The van der Waals surface area contributed by atoms with Crippen molar-refractivity contribution in [3.05, 3.63) is 10.0 Å². The second-order valence-corrected chi connectivity index (χ2v) is 5.69. The Hall–Kier alpha value is -0.130. The Balaban J connectivity index is 1.94. The highest BCUT2D eigenvalue weighted by atomic mass is 32.2. The molecule has 0 saturated carbocycles. The van der Waals surface area contributed by atoms with Crippen LogP contribution in [0, 0.1) is 0 Å². The summed E-state index contributed by atoms with van der Waals surface area (Å²) >= 11 is 3.83. The van der Waals surface area contributed by atoms with Crippen molar-refractivity contribution in [2.45, 2.75) is 18.8 Å². The second-order valence-electron chi connectivity index (χ2n) is 3.45. The summed E-state index contributed by atoms with van der Waals surface area (Å²) in [7, 11) is 1.97. The van der Waals surface area contributed by atoms with Crippen LogP contribution in [0.2, 0.25) is 0 Å².